The van der Waals surface area contributed by atoms with E-state index in [1.807, 2.05) is 0 Å². The highest BCUT2D eigenvalue weighted by Gasteiger charge is 2.70. The molecule has 34 heavy (non-hydrogen) atoms. The molecule has 18 unspecified atom stereocenters. The first-order valence-electron chi connectivity index (χ1n) is 15.1. The Morgan fingerprint density at radius 1 is 0.412 bits per heavy atom. The van der Waals surface area contributed by atoms with Crippen LogP contribution in [0.3, 0.4) is 0 Å². The first-order valence-corrected chi connectivity index (χ1v) is 15.1. The van der Waals surface area contributed by atoms with E-state index >= 15 is 0 Å². The van der Waals surface area contributed by atoms with Crippen LogP contribution >= 0.6 is 0 Å². The number of hydrogen-bond acceptors (Lipinski definition) is 2. The van der Waals surface area contributed by atoms with Gasteiger partial charge in [-0.3, -0.25) is 9.59 Å². The summed E-state index contributed by atoms with van der Waals surface area (Å²) in [6.45, 7) is 24.7. The highest BCUT2D eigenvalue weighted by Crippen LogP contribution is 2.70. The Labute approximate surface area is 209 Å². The fraction of sp³-hybridized carbons (Fsp3) is 0.938. The van der Waals surface area contributed by atoms with Gasteiger partial charge >= 0.3 is 0 Å². The van der Waals surface area contributed by atoms with E-state index in [2.05, 4.69) is 69.2 Å². The Morgan fingerprint density at radius 3 is 1.38 bits per heavy atom. The molecule has 0 saturated heterocycles. The topological polar surface area (TPSA) is 34.1 Å². The lowest BCUT2D eigenvalue weighted by atomic mass is 9.36. The number of hydrogen-bond donors (Lipinski definition) is 0. The lowest BCUT2D eigenvalue weighted by Gasteiger charge is -2.68. The number of Topliss-reactive ketones (excluding diaryl/α,β-unsaturated/α-hetero) is 2. The van der Waals surface area contributed by atoms with E-state index in [-0.39, 0.29) is 23.4 Å². The number of ketones is 2. The van der Waals surface area contributed by atoms with E-state index in [4.69, 9.17) is 0 Å². The van der Waals surface area contributed by atoms with Crippen LogP contribution in [0.5, 0.6) is 0 Å². The van der Waals surface area contributed by atoms with E-state index in [1.165, 1.54) is 6.42 Å². The Bertz CT molecular complexity index is 831. The normalized spacial score (nSPS) is 61.0. The zero-order chi connectivity index (χ0) is 25.0. The molecule has 0 N–H and O–H groups in total. The van der Waals surface area contributed by atoms with Crippen molar-refractivity contribution in [2.75, 3.05) is 0 Å². The summed E-state index contributed by atoms with van der Waals surface area (Å²) in [6, 6.07) is 0. The van der Waals surface area contributed by atoms with Crippen LogP contribution in [0.15, 0.2) is 0 Å². The molecule has 0 aromatic rings. The number of carbonyl (C=O) groups excluding carboxylic acids is 2. The SMILES string of the molecule is CCC1C(C)C(C)C2C3C(C(=O)C(=O)C13)C(C)C1C3C(C)C(C)C(C)C(C)C3C(CC)C(C)C21. The molecule has 0 aliphatic heterocycles. The van der Waals surface area contributed by atoms with Gasteiger partial charge < -0.3 is 0 Å². The zero-order valence-corrected chi connectivity index (χ0v) is 23.6. The molecule has 192 valence electrons. The van der Waals surface area contributed by atoms with Crippen LogP contribution < -0.4 is 0 Å². The van der Waals surface area contributed by atoms with E-state index in [0.29, 0.717) is 65.1 Å². The standard InChI is InChI=1S/C32H52O2/c1-11-21-15(5)18(8)25-26-19(9)22(12-2)23-16(6)13(3)14(4)17(7)24(23)27(26)20(10)28-30(25)29(21)32(34)31(28)33/h13-30H,11-12H2,1-10H3. The molecular formula is C32H52O2. The summed E-state index contributed by atoms with van der Waals surface area (Å²) < 4.78 is 0. The van der Waals surface area contributed by atoms with Gasteiger partial charge in [-0.1, -0.05) is 82.1 Å². The highest BCUT2D eigenvalue weighted by molar-refractivity contribution is 6.41. The van der Waals surface area contributed by atoms with Gasteiger partial charge in [0.1, 0.15) is 0 Å². The van der Waals surface area contributed by atoms with Crippen molar-refractivity contribution < 1.29 is 9.59 Å². The maximum Gasteiger partial charge on any atom is 0.202 e. The Morgan fingerprint density at radius 2 is 0.824 bits per heavy atom. The van der Waals surface area contributed by atoms with Crippen molar-refractivity contribution >= 4 is 11.6 Å². The third kappa shape index (κ3) is 2.92. The molecule has 0 spiro atoms. The molecule has 0 radical (unpaired) electrons. The van der Waals surface area contributed by atoms with Crippen molar-refractivity contribution in [2.45, 2.75) is 82.1 Å². The van der Waals surface area contributed by atoms with Crippen molar-refractivity contribution in [3.05, 3.63) is 0 Å². The molecule has 0 heterocycles. The maximum absolute atomic E-state index is 13.7. The van der Waals surface area contributed by atoms with Gasteiger partial charge in [0.2, 0.25) is 11.6 Å². The summed E-state index contributed by atoms with van der Waals surface area (Å²) in [4.78, 5) is 27.3. The average Bonchev–Trinajstić information content (AvgIpc) is 3.07. The van der Waals surface area contributed by atoms with Gasteiger partial charge in [0.25, 0.3) is 0 Å². The van der Waals surface area contributed by atoms with E-state index in [0.717, 1.165) is 36.0 Å². The van der Waals surface area contributed by atoms with Crippen LogP contribution in [0.2, 0.25) is 0 Å². The van der Waals surface area contributed by atoms with E-state index in [1.54, 1.807) is 0 Å². The third-order valence-corrected chi connectivity index (χ3v) is 14.1. The van der Waals surface area contributed by atoms with Crippen LogP contribution in [0.1, 0.15) is 82.1 Å². The molecule has 5 aliphatic carbocycles. The van der Waals surface area contributed by atoms with Crippen molar-refractivity contribution in [3.8, 4) is 0 Å². The molecule has 2 heteroatoms. The molecule has 5 aliphatic rings. The fourth-order valence-corrected chi connectivity index (χ4v) is 12.2. The van der Waals surface area contributed by atoms with Crippen molar-refractivity contribution in [3.63, 3.8) is 0 Å². The van der Waals surface area contributed by atoms with Crippen LogP contribution in [0.25, 0.3) is 0 Å². The second kappa shape index (κ2) is 8.44. The second-order valence-electron chi connectivity index (χ2n) is 14.3. The Hall–Kier alpha value is -0.660. The summed E-state index contributed by atoms with van der Waals surface area (Å²) in [5.41, 5.74) is 0. The van der Waals surface area contributed by atoms with Crippen LogP contribution in [-0.4, -0.2) is 11.6 Å². The Kier molecular flexibility index (Phi) is 6.21. The molecule has 0 aromatic heterocycles. The van der Waals surface area contributed by atoms with Crippen molar-refractivity contribution in [2.24, 2.45) is 107 Å². The second-order valence-corrected chi connectivity index (χ2v) is 14.3. The third-order valence-electron chi connectivity index (χ3n) is 14.1. The fourth-order valence-electron chi connectivity index (χ4n) is 12.2. The summed E-state index contributed by atoms with van der Waals surface area (Å²) in [6.07, 6.45) is 2.32. The predicted molar refractivity (Wildman–Crippen MR) is 139 cm³/mol. The highest BCUT2D eigenvalue weighted by atomic mass is 16.2. The molecule has 0 amide bonds. The lowest BCUT2D eigenvalue weighted by Crippen LogP contribution is -2.64. The van der Waals surface area contributed by atoms with Gasteiger partial charge in [-0.25, -0.2) is 0 Å². The molecule has 2 nitrogen and oxygen atoms in total. The van der Waals surface area contributed by atoms with Gasteiger partial charge in [0, 0.05) is 11.8 Å². The largest absolute Gasteiger partial charge is 0.291 e. The zero-order valence-electron chi connectivity index (χ0n) is 23.6. The van der Waals surface area contributed by atoms with Gasteiger partial charge in [-0.15, -0.1) is 0 Å². The summed E-state index contributed by atoms with van der Waals surface area (Å²) in [7, 11) is 0. The predicted octanol–water partition coefficient (Wildman–Crippen LogP) is 7.26. The minimum absolute atomic E-state index is 0.00376. The molecule has 18 atom stereocenters. The summed E-state index contributed by atoms with van der Waals surface area (Å²) in [5, 5.41) is 0. The van der Waals surface area contributed by atoms with Gasteiger partial charge in [0.05, 0.1) is 0 Å². The van der Waals surface area contributed by atoms with E-state index in [9.17, 15) is 9.59 Å². The first-order chi connectivity index (χ1) is 16.0. The monoisotopic (exact) mass is 468 g/mol. The minimum Gasteiger partial charge on any atom is -0.291 e. The van der Waals surface area contributed by atoms with Gasteiger partial charge in [-0.2, -0.15) is 0 Å². The van der Waals surface area contributed by atoms with Crippen molar-refractivity contribution in [1.82, 2.24) is 0 Å². The molecule has 5 fully saturated rings. The molecular weight excluding hydrogens is 416 g/mol. The number of carbonyl (C=O) groups is 2. The lowest BCUT2D eigenvalue weighted by molar-refractivity contribution is -0.208. The quantitative estimate of drug-likeness (QED) is 0.400. The van der Waals surface area contributed by atoms with Crippen LogP contribution in [-0.2, 0) is 9.59 Å². The summed E-state index contributed by atoms with van der Waals surface area (Å²) in [5.74, 6) is 9.98. The minimum atomic E-state index is -0.00376. The maximum atomic E-state index is 13.7. The van der Waals surface area contributed by atoms with Crippen molar-refractivity contribution in [1.29, 1.82) is 0 Å². The summed E-state index contributed by atoms with van der Waals surface area (Å²) >= 11 is 0. The van der Waals surface area contributed by atoms with Gasteiger partial charge in [0.15, 0.2) is 0 Å². The smallest absolute Gasteiger partial charge is 0.202 e. The number of fused-ring (bicyclic) bond motifs is 4. The number of rotatable bonds is 2. The Balaban J connectivity index is 1.68. The molecule has 0 aromatic carbocycles. The van der Waals surface area contributed by atoms with Crippen LogP contribution in [0, 0.1) is 107 Å². The van der Waals surface area contributed by atoms with Gasteiger partial charge in [-0.05, 0) is 94.7 Å². The van der Waals surface area contributed by atoms with Crippen LogP contribution in [0.4, 0.5) is 0 Å². The molecule has 5 saturated carbocycles. The molecule has 0 bridgehead atoms. The van der Waals surface area contributed by atoms with E-state index < -0.39 is 0 Å². The first kappa shape index (κ1) is 25.0. The average molecular weight is 469 g/mol. The molecule has 5 rings (SSSR count).